The third-order valence-electron chi connectivity index (χ3n) is 4.44. The van der Waals surface area contributed by atoms with Crippen molar-refractivity contribution in [2.75, 3.05) is 26.2 Å². The van der Waals surface area contributed by atoms with Crippen molar-refractivity contribution < 1.29 is 14.8 Å². The van der Waals surface area contributed by atoms with Crippen molar-refractivity contribution in [2.24, 2.45) is 0 Å². The van der Waals surface area contributed by atoms with Gasteiger partial charge in [-0.2, -0.15) is 0 Å². The largest absolute Gasteiger partial charge is 0.392 e. The highest BCUT2D eigenvalue weighted by Gasteiger charge is 2.24. The Kier molecular flexibility index (Phi) is 5.05. The summed E-state index contributed by atoms with van der Waals surface area (Å²) in [6.45, 7) is 4.58. The molecular weight excluding hydrogens is 288 g/mol. The van der Waals surface area contributed by atoms with E-state index in [1.54, 1.807) is 12.1 Å². The Morgan fingerprint density at radius 1 is 0.957 bits per heavy atom. The predicted octanol–water partition coefficient (Wildman–Crippen LogP) is 0.720. The summed E-state index contributed by atoms with van der Waals surface area (Å²) in [5.74, 6) is 0.0910. The third kappa shape index (κ3) is 3.97. The molecule has 1 saturated heterocycles. The molecule has 120 valence electrons. The fourth-order valence-electron chi connectivity index (χ4n) is 3.02. The summed E-state index contributed by atoms with van der Waals surface area (Å²) < 4.78 is 0. The van der Waals surface area contributed by atoms with Crippen molar-refractivity contribution in [1.82, 2.24) is 4.90 Å². The number of hydrogen-bond acceptors (Lipinski definition) is 2. The van der Waals surface area contributed by atoms with Crippen LogP contribution in [0.3, 0.4) is 0 Å². The Hall–Kier alpha value is -2.17. The molecule has 1 fully saturated rings. The van der Waals surface area contributed by atoms with Crippen LogP contribution < -0.4 is 4.90 Å². The van der Waals surface area contributed by atoms with Gasteiger partial charge < -0.3 is 14.9 Å². The van der Waals surface area contributed by atoms with E-state index < -0.39 is 0 Å². The standard InChI is InChI=1S/C19H22N2O2/c22-15-17-6-8-18(9-7-17)19(23)21-12-10-20(11-13-21)14-16-4-2-1-3-5-16/h1-9,22H,10-15H2/p+1. The fourth-order valence-corrected chi connectivity index (χ4v) is 3.02. The van der Waals surface area contributed by atoms with E-state index in [2.05, 4.69) is 24.3 Å². The molecule has 1 amide bonds. The maximum absolute atomic E-state index is 12.5. The zero-order valence-electron chi connectivity index (χ0n) is 13.2. The third-order valence-corrected chi connectivity index (χ3v) is 4.44. The summed E-state index contributed by atoms with van der Waals surface area (Å²) in [5.41, 5.74) is 2.88. The van der Waals surface area contributed by atoms with Crippen LogP contribution in [0.15, 0.2) is 54.6 Å². The Labute approximate surface area is 137 Å². The molecular formula is C19H23N2O2+. The molecule has 23 heavy (non-hydrogen) atoms. The summed E-state index contributed by atoms with van der Waals surface area (Å²) in [4.78, 5) is 16.0. The maximum Gasteiger partial charge on any atom is 0.254 e. The van der Waals surface area contributed by atoms with E-state index in [1.807, 2.05) is 23.1 Å². The van der Waals surface area contributed by atoms with Gasteiger partial charge in [-0.3, -0.25) is 4.79 Å². The number of nitrogens with one attached hydrogen (secondary N) is 1. The first kappa shape index (κ1) is 15.7. The van der Waals surface area contributed by atoms with Gasteiger partial charge in [-0.1, -0.05) is 42.5 Å². The van der Waals surface area contributed by atoms with Crippen LogP contribution in [0.5, 0.6) is 0 Å². The lowest BCUT2D eigenvalue weighted by molar-refractivity contribution is -0.917. The molecule has 2 aromatic carbocycles. The van der Waals surface area contributed by atoms with Crippen LogP contribution in [0.25, 0.3) is 0 Å². The number of carbonyl (C=O) groups is 1. The summed E-state index contributed by atoms with van der Waals surface area (Å²) in [6, 6.07) is 17.7. The molecule has 2 aromatic rings. The molecule has 3 rings (SSSR count). The first-order chi connectivity index (χ1) is 11.3. The Morgan fingerprint density at radius 2 is 1.61 bits per heavy atom. The van der Waals surface area contributed by atoms with Gasteiger partial charge in [0.25, 0.3) is 5.91 Å². The van der Waals surface area contributed by atoms with Gasteiger partial charge in [0.2, 0.25) is 0 Å². The van der Waals surface area contributed by atoms with Gasteiger partial charge in [0.15, 0.2) is 0 Å². The van der Waals surface area contributed by atoms with Gasteiger partial charge >= 0.3 is 0 Å². The quantitative estimate of drug-likeness (QED) is 0.874. The lowest BCUT2D eigenvalue weighted by Gasteiger charge is -2.32. The van der Waals surface area contributed by atoms with Crippen LogP contribution in [0.2, 0.25) is 0 Å². The van der Waals surface area contributed by atoms with E-state index >= 15 is 0 Å². The van der Waals surface area contributed by atoms with Crippen molar-refractivity contribution in [1.29, 1.82) is 0 Å². The predicted molar refractivity (Wildman–Crippen MR) is 89.1 cm³/mol. The monoisotopic (exact) mass is 311 g/mol. The first-order valence-corrected chi connectivity index (χ1v) is 8.13. The highest BCUT2D eigenvalue weighted by atomic mass is 16.3. The second-order valence-electron chi connectivity index (χ2n) is 6.06. The molecule has 4 heteroatoms. The minimum Gasteiger partial charge on any atom is -0.392 e. The molecule has 1 aliphatic rings. The average Bonchev–Trinajstić information content (AvgIpc) is 2.63. The normalized spacial score (nSPS) is 15.6. The molecule has 1 aliphatic heterocycles. The van der Waals surface area contributed by atoms with Gasteiger partial charge in [0.05, 0.1) is 32.8 Å². The molecule has 1 heterocycles. The molecule has 0 unspecified atom stereocenters. The van der Waals surface area contributed by atoms with Crippen LogP contribution in [0.4, 0.5) is 0 Å². The zero-order valence-corrected chi connectivity index (χ0v) is 13.2. The molecule has 0 aromatic heterocycles. The Morgan fingerprint density at radius 3 is 2.22 bits per heavy atom. The molecule has 4 nitrogen and oxygen atoms in total. The number of hydrogen-bond donors (Lipinski definition) is 2. The molecule has 0 spiro atoms. The number of benzene rings is 2. The minimum absolute atomic E-state index is 0.00991. The van der Waals surface area contributed by atoms with E-state index in [4.69, 9.17) is 5.11 Å². The van der Waals surface area contributed by atoms with Crippen LogP contribution >= 0.6 is 0 Å². The van der Waals surface area contributed by atoms with Crippen LogP contribution in [-0.4, -0.2) is 42.1 Å². The van der Waals surface area contributed by atoms with E-state index in [0.29, 0.717) is 5.56 Å². The number of carbonyl (C=O) groups excluding carboxylic acids is 1. The van der Waals surface area contributed by atoms with Crippen molar-refractivity contribution in [3.63, 3.8) is 0 Å². The minimum atomic E-state index is 0.00991. The first-order valence-electron chi connectivity index (χ1n) is 8.13. The van der Waals surface area contributed by atoms with E-state index in [-0.39, 0.29) is 12.5 Å². The number of nitrogens with zero attached hydrogens (tertiary/aromatic N) is 1. The second-order valence-corrected chi connectivity index (χ2v) is 6.06. The van der Waals surface area contributed by atoms with Gasteiger partial charge in [-0.15, -0.1) is 0 Å². The molecule has 0 bridgehead atoms. The van der Waals surface area contributed by atoms with Crippen molar-refractivity contribution >= 4 is 5.91 Å². The van der Waals surface area contributed by atoms with E-state index in [1.165, 1.54) is 10.5 Å². The number of aliphatic hydroxyl groups excluding tert-OH is 1. The number of rotatable bonds is 4. The molecule has 0 atom stereocenters. The van der Waals surface area contributed by atoms with Gasteiger partial charge in [-0.25, -0.2) is 0 Å². The summed E-state index contributed by atoms with van der Waals surface area (Å²) >= 11 is 0. The number of amides is 1. The fraction of sp³-hybridized carbons (Fsp3) is 0.316. The van der Waals surface area contributed by atoms with Crippen molar-refractivity contribution in [3.8, 4) is 0 Å². The molecule has 0 radical (unpaired) electrons. The summed E-state index contributed by atoms with van der Waals surface area (Å²) in [7, 11) is 0. The zero-order chi connectivity index (χ0) is 16.1. The maximum atomic E-state index is 12.5. The van der Waals surface area contributed by atoms with Gasteiger partial charge in [0, 0.05) is 11.1 Å². The second kappa shape index (κ2) is 7.40. The SMILES string of the molecule is O=C(c1ccc(CO)cc1)N1CC[NH+](Cc2ccccc2)CC1. The van der Waals surface area contributed by atoms with Crippen molar-refractivity contribution in [3.05, 3.63) is 71.3 Å². The lowest BCUT2D eigenvalue weighted by Crippen LogP contribution is -3.13. The van der Waals surface area contributed by atoms with Crippen LogP contribution in [0.1, 0.15) is 21.5 Å². The molecule has 0 aliphatic carbocycles. The lowest BCUT2D eigenvalue weighted by atomic mass is 10.1. The van der Waals surface area contributed by atoms with Gasteiger partial charge in [0.1, 0.15) is 6.54 Å². The van der Waals surface area contributed by atoms with Gasteiger partial charge in [-0.05, 0) is 17.7 Å². The van der Waals surface area contributed by atoms with Crippen LogP contribution in [-0.2, 0) is 13.2 Å². The molecule has 2 N–H and O–H groups in total. The number of quaternary nitrogens is 1. The molecule has 0 saturated carbocycles. The summed E-state index contributed by atoms with van der Waals surface area (Å²) in [6.07, 6.45) is 0. The van der Waals surface area contributed by atoms with E-state index in [0.717, 1.165) is 38.3 Å². The highest BCUT2D eigenvalue weighted by molar-refractivity contribution is 5.94. The smallest absolute Gasteiger partial charge is 0.254 e. The summed E-state index contributed by atoms with van der Waals surface area (Å²) in [5, 5.41) is 9.07. The topological polar surface area (TPSA) is 45.0 Å². The number of piperazine rings is 1. The highest BCUT2D eigenvalue weighted by Crippen LogP contribution is 2.08. The van der Waals surface area contributed by atoms with Crippen LogP contribution in [0, 0.1) is 0 Å². The Bertz CT molecular complexity index is 632. The number of aliphatic hydroxyl groups is 1. The van der Waals surface area contributed by atoms with E-state index in [9.17, 15) is 4.79 Å². The average molecular weight is 311 g/mol. The Balaban J connectivity index is 1.54. The van der Waals surface area contributed by atoms with Crippen molar-refractivity contribution in [2.45, 2.75) is 13.2 Å².